The molecular weight excluding hydrogens is 214 g/mol. The lowest BCUT2D eigenvalue weighted by molar-refractivity contribution is 0.216. The molecule has 1 aliphatic heterocycles. The Kier molecular flexibility index (Phi) is 2.87. The molecule has 15 heavy (non-hydrogen) atoms. The SMILES string of the molecule is O=C(N1CCC=N1)N(Cl)c1ccccc1. The third-order valence-corrected chi connectivity index (χ3v) is 2.40. The Morgan fingerprint density at radius 3 is 2.73 bits per heavy atom. The minimum atomic E-state index is -0.323. The minimum absolute atomic E-state index is 0.323. The van der Waals surface area contributed by atoms with E-state index in [1.54, 1.807) is 18.3 Å². The maximum atomic E-state index is 11.8. The molecule has 0 radical (unpaired) electrons. The predicted molar refractivity (Wildman–Crippen MR) is 60.0 cm³/mol. The summed E-state index contributed by atoms with van der Waals surface area (Å²) in [6, 6.07) is 8.73. The molecule has 0 fully saturated rings. The smallest absolute Gasteiger partial charge is 0.245 e. The highest BCUT2D eigenvalue weighted by atomic mass is 35.5. The third-order valence-electron chi connectivity index (χ3n) is 2.06. The van der Waals surface area contributed by atoms with Crippen molar-refractivity contribution >= 4 is 29.7 Å². The molecule has 0 spiro atoms. The van der Waals surface area contributed by atoms with Gasteiger partial charge in [0.25, 0.3) is 0 Å². The fourth-order valence-corrected chi connectivity index (χ4v) is 1.51. The first-order valence-electron chi connectivity index (χ1n) is 4.64. The number of carbonyl (C=O) groups is 1. The lowest BCUT2D eigenvalue weighted by Crippen LogP contribution is -2.33. The van der Waals surface area contributed by atoms with Gasteiger partial charge in [-0.25, -0.2) is 14.2 Å². The van der Waals surface area contributed by atoms with Crippen LogP contribution in [0.3, 0.4) is 0 Å². The van der Waals surface area contributed by atoms with E-state index in [2.05, 4.69) is 5.10 Å². The van der Waals surface area contributed by atoms with Gasteiger partial charge in [-0.3, -0.25) is 0 Å². The normalized spacial score (nSPS) is 14.3. The van der Waals surface area contributed by atoms with Crippen molar-refractivity contribution in [1.82, 2.24) is 5.01 Å². The van der Waals surface area contributed by atoms with E-state index >= 15 is 0 Å². The molecule has 0 atom stereocenters. The van der Waals surface area contributed by atoms with Crippen LogP contribution in [0.2, 0.25) is 0 Å². The van der Waals surface area contributed by atoms with E-state index in [1.165, 1.54) is 5.01 Å². The molecule has 5 heteroatoms. The van der Waals surface area contributed by atoms with Crippen molar-refractivity contribution in [2.24, 2.45) is 5.10 Å². The number of hydrogen-bond donors (Lipinski definition) is 0. The molecule has 2 rings (SSSR count). The first-order chi connectivity index (χ1) is 7.29. The van der Waals surface area contributed by atoms with Gasteiger partial charge in [-0.2, -0.15) is 5.10 Å². The molecule has 0 unspecified atom stereocenters. The fourth-order valence-electron chi connectivity index (χ4n) is 1.31. The zero-order chi connectivity index (χ0) is 10.7. The Hall–Kier alpha value is -1.55. The number of rotatable bonds is 1. The second-order valence-corrected chi connectivity index (χ2v) is 3.45. The van der Waals surface area contributed by atoms with Crippen LogP contribution >= 0.6 is 11.8 Å². The van der Waals surface area contributed by atoms with E-state index in [9.17, 15) is 4.79 Å². The highest BCUT2D eigenvalue weighted by Crippen LogP contribution is 2.18. The topological polar surface area (TPSA) is 35.9 Å². The van der Waals surface area contributed by atoms with E-state index in [-0.39, 0.29) is 6.03 Å². The van der Waals surface area contributed by atoms with Gasteiger partial charge in [-0.05, 0) is 12.1 Å². The number of benzene rings is 1. The Balaban J connectivity index is 2.11. The van der Waals surface area contributed by atoms with E-state index in [0.717, 1.165) is 10.8 Å². The summed E-state index contributed by atoms with van der Waals surface area (Å²) in [5.41, 5.74) is 0.645. The van der Waals surface area contributed by atoms with Crippen molar-refractivity contribution in [2.75, 3.05) is 11.0 Å². The summed E-state index contributed by atoms with van der Waals surface area (Å²) in [7, 11) is 0. The van der Waals surface area contributed by atoms with Gasteiger partial charge in [0.2, 0.25) is 0 Å². The number of nitrogens with zero attached hydrogens (tertiary/aromatic N) is 3. The van der Waals surface area contributed by atoms with Gasteiger partial charge in [0, 0.05) is 24.4 Å². The van der Waals surface area contributed by atoms with Crippen LogP contribution in [-0.2, 0) is 0 Å². The molecule has 0 N–H and O–H groups in total. The molecule has 0 saturated heterocycles. The molecule has 0 aliphatic carbocycles. The monoisotopic (exact) mass is 223 g/mol. The standard InChI is InChI=1S/C10H10ClN3O/c11-14(9-5-2-1-3-6-9)10(15)13-8-4-7-12-13/h1-3,5-7H,4,8H2. The Labute approximate surface area is 92.8 Å². The van der Waals surface area contributed by atoms with Crippen molar-refractivity contribution < 1.29 is 4.79 Å². The van der Waals surface area contributed by atoms with Crippen molar-refractivity contribution in [2.45, 2.75) is 6.42 Å². The summed E-state index contributed by atoms with van der Waals surface area (Å²) in [6.07, 6.45) is 2.49. The van der Waals surface area contributed by atoms with Gasteiger partial charge in [0.1, 0.15) is 0 Å². The Morgan fingerprint density at radius 1 is 1.40 bits per heavy atom. The van der Waals surface area contributed by atoms with Gasteiger partial charge in [0.05, 0.1) is 12.2 Å². The van der Waals surface area contributed by atoms with Gasteiger partial charge in [0.15, 0.2) is 0 Å². The van der Waals surface area contributed by atoms with Crippen molar-refractivity contribution in [3.63, 3.8) is 0 Å². The van der Waals surface area contributed by atoms with Gasteiger partial charge in [-0.15, -0.1) is 0 Å². The number of anilines is 1. The van der Waals surface area contributed by atoms with E-state index < -0.39 is 0 Å². The fraction of sp³-hybridized carbons (Fsp3) is 0.200. The molecule has 0 aromatic heterocycles. The van der Waals surface area contributed by atoms with Crippen LogP contribution in [0.1, 0.15) is 6.42 Å². The molecule has 78 valence electrons. The second-order valence-electron chi connectivity index (χ2n) is 3.11. The molecule has 0 saturated carbocycles. The lowest BCUT2D eigenvalue weighted by atomic mass is 10.3. The zero-order valence-electron chi connectivity index (χ0n) is 8.01. The van der Waals surface area contributed by atoms with Crippen molar-refractivity contribution in [3.05, 3.63) is 30.3 Å². The van der Waals surface area contributed by atoms with Crippen LogP contribution < -0.4 is 4.42 Å². The zero-order valence-corrected chi connectivity index (χ0v) is 8.76. The average molecular weight is 224 g/mol. The number of halogens is 1. The molecule has 1 heterocycles. The summed E-state index contributed by atoms with van der Waals surface area (Å²) >= 11 is 5.90. The number of para-hydroxylation sites is 1. The lowest BCUT2D eigenvalue weighted by Gasteiger charge is -2.18. The molecule has 1 aromatic carbocycles. The average Bonchev–Trinajstić information content (AvgIpc) is 2.82. The first kappa shape index (κ1) is 9.98. The summed E-state index contributed by atoms with van der Waals surface area (Å²) in [5.74, 6) is 0. The predicted octanol–water partition coefficient (Wildman–Crippen LogP) is 2.46. The number of amides is 2. The second kappa shape index (κ2) is 4.31. The Bertz CT molecular complexity index is 380. The maximum Gasteiger partial charge on any atom is 0.359 e. The highest BCUT2D eigenvalue weighted by Gasteiger charge is 2.21. The number of hydrogen-bond acceptors (Lipinski definition) is 2. The molecular formula is C10H10ClN3O. The molecule has 0 bridgehead atoms. The van der Waals surface area contributed by atoms with Crippen molar-refractivity contribution in [3.8, 4) is 0 Å². The van der Waals surface area contributed by atoms with Crippen LogP contribution in [0, 0.1) is 0 Å². The van der Waals surface area contributed by atoms with E-state index in [0.29, 0.717) is 12.2 Å². The third kappa shape index (κ3) is 2.10. The Morgan fingerprint density at radius 2 is 2.13 bits per heavy atom. The van der Waals surface area contributed by atoms with Crippen LogP contribution in [-0.4, -0.2) is 23.8 Å². The molecule has 1 aromatic rings. The van der Waals surface area contributed by atoms with E-state index in [4.69, 9.17) is 11.8 Å². The quantitative estimate of drug-likeness (QED) is 0.674. The molecule has 4 nitrogen and oxygen atoms in total. The number of carbonyl (C=O) groups excluding carboxylic acids is 1. The summed E-state index contributed by atoms with van der Waals surface area (Å²) in [5, 5.41) is 5.26. The van der Waals surface area contributed by atoms with Gasteiger partial charge in [-0.1, -0.05) is 18.2 Å². The van der Waals surface area contributed by atoms with Crippen LogP contribution in [0.5, 0.6) is 0 Å². The van der Waals surface area contributed by atoms with Gasteiger partial charge < -0.3 is 0 Å². The van der Waals surface area contributed by atoms with Crippen LogP contribution in [0.4, 0.5) is 10.5 Å². The highest BCUT2D eigenvalue weighted by molar-refractivity contribution is 6.36. The maximum absolute atomic E-state index is 11.8. The van der Waals surface area contributed by atoms with E-state index in [1.807, 2.05) is 18.2 Å². The first-order valence-corrected chi connectivity index (χ1v) is 4.98. The molecule has 1 aliphatic rings. The summed E-state index contributed by atoms with van der Waals surface area (Å²) in [4.78, 5) is 11.8. The van der Waals surface area contributed by atoms with Crippen LogP contribution in [0.25, 0.3) is 0 Å². The summed E-state index contributed by atoms with van der Waals surface area (Å²) in [6.45, 7) is 0.592. The minimum Gasteiger partial charge on any atom is -0.245 e. The van der Waals surface area contributed by atoms with Gasteiger partial charge >= 0.3 is 6.03 Å². The molecule has 2 amide bonds. The number of urea groups is 1. The summed E-state index contributed by atoms with van der Waals surface area (Å²) < 4.78 is 1.07. The van der Waals surface area contributed by atoms with Crippen LogP contribution in [0.15, 0.2) is 35.4 Å². The number of hydrazone groups is 1. The van der Waals surface area contributed by atoms with Crippen molar-refractivity contribution in [1.29, 1.82) is 0 Å². The largest absolute Gasteiger partial charge is 0.359 e.